The monoisotopic (exact) mass is 317 g/mol. The largest absolute Gasteiger partial charge is 0.352 e. The zero-order chi connectivity index (χ0) is 12.7. The molecular weight excluding hydrogens is 302 g/mol. The normalized spacial score (nSPS) is 12.2. The van der Waals surface area contributed by atoms with Crippen LogP contribution in [-0.2, 0) is 0 Å². The van der Waals surface area contributed by atoms with Crippen LogP contribution in [-0.4, -0.2) is 17.8 Å². The third-order valence-corrected chi connectivity index (χ3v) is 3.43. The number of benzene rings is 1. The van der Waals surface area contributed by atoms with Crippen LogP contribution in [0.4, 0.5) is 0 Å². The number of rotatable bonds is 6. The molecule has 0 fully saturated rings. The third-order valence-electron chi connectivity index (χ3n) is 2.73. The van der Waals surface area contributed by atoms with Gasteiger partial charge >= 0.3 is 0 Å². The van der Waals surface area contributed by atoms with E-state index in [0.717, 1.165) is 18.2 Å². The predicted octanol–water partition coefficient (Wildman–Crippen LogP) is 3.88. The van der Waals surface area contributed by atoms with Gasteiger partial charge in [0.2, 0.25) is 0 Å². The van der Waals surface area contributed by atoms with E-state index in [0.29, 0.717) is 23.0 Å². The molecule has 0 saturated carbocycles. The molecule has 0 radical (unpaired) electrons. The molecule has 1 aromatic carbocycles. The Morgan fingerprint density at radius 1 is 1.53 bits per heavy atom. The zero-order valence-corrected chi connectivity index (χ0v) is 12.2. The summed E-state index contributed by atoms with van der Waals surface area (Å²) in [5.74, 6) is 0.470. The lowest BCUT2D eigenvalue weighted by Gasteiger charge is -2.14. The number of amides is 1. The fourth-order valence-corrected chi connectivity index (χ4v) is 2.41. The molecule has 0 heterocycles. The average molecular weight is 319 g/mol. The molecule has 1 atom stereocenters. The lowest BCUT2D eigenvalue weighted by atomic mass is 10.0. The Balaban J connectivity index is 2.49. The molecule has 94 valence electrons. The van der Waals surface area contributed by atoms with Crippen molar-refractivity contribution in [2.45, 2.75) is 19.8 Å². The summed E-state index contributed by atoms with van der Waals surface area (Å²) in [6, 6.07) is 7.00. The molecule has 0 aliphatic heterocycles. The van der Waals surface area contributed by atoms with Crippen molar-refractivity contribution in [3.8, 4) is 0 Å². The summed E-state index contributed by atoms with van der Waals surface area (Å²) in [5, 5.41) is 4.50. The van der Waals surface area contributed by atoms with Crippen LogP contribution in [0.1, 0.15) is 30.1 Å². The van der Waals surface area contributed by atoms with Gasteiger partial charge in [-0.1, -0.05) is 46.9 Å². The van der Waals surface area contributed by atoms with Gasteiger partial charge in [0.25, 0.3) is 5.91 Å². The van der Waals surface area contributed by atoms with Crippen molar-refractivity contribution in [1.82, 2.24) is 5.32 Å². The van der Waals surface area contributed by atoms with Gasteiger partial charge in [-0.05, 0) is 30.5 Å². The SMILES string of the molecule is CCC(CCBr)CNC(=O)c1cccc(Cl)c1. The van der Waals surface area contributed by atoms with E-state index in [1.54, 1.807) is 24.3 Å². The van der Waals surface area contributed by atoms with Gasteiger partial charge in [0.05, 0.1) is 0 Å². The number of carbonyl (C=O) groups is 1. The maximum Gasteiger partial charge on any atom is 0.251 e. The quantitative estimate of drug-likeness (QED) is 0.792. The summed E-state index contributed by atoms with van der Waals surface area (Å²) < 4.78 is 0. The van der Waals surface area contributed by atoms with Crippen LogP contribution >= 0.6 is 27.5 Å². The van der Waals surface area contributed by atoms with Gasteiger partial charge in [0.15, 0.2) is 0 Å². The molecule has 2 nitrogen and oxygen atoms in total. The Hall–Kier alpha value is -0.540. The minimum Gasteiger partial charge on any atom is -0.352 e. The van der Waals surface area contributed by atoms with Crippen LogP contribution in [0.3, 0.4) is 0 Å². The highest BCUT2D eigenvalue weighted by Crippen LogP contribution is 2.12. The van der Waals surface area contributed by atoms with Gasteiger partial charge in [0.1, 0.15) is 0 Å². The van der Waals surface area contributed by atoms with Crippen molar-refractivity contribution in [2.75, 3.05) is 11.9 Å². The average Bonchev–Trinajstić information content (AvgIpc) is 2.34. The van der Waals surface area contributed by atoms with Gasteiger partial charge in [-0.2, -0.15) is 0 Å². The second-order valence-corrected chi connectivity index (χ2v) is 5.20. The summed E-state index contributed by atoms with van der Waals surface area (Å²) in [5.41, 5.74) is 0.617. The minimum atomic E-state index is -0.0551. The topological polar surface area (TPSA) is 29.1 Å². The van der Waals surface area contributed by atoms with Crippen LogP contribution < -0.4 is 5.32 Å². The number of halogens is 2. The number of hydrogen-bond donors (Lipinski definition) is 1. The molecule has 1 aromatic rings. The maximum atomic E-state index is 11.8. The number of nitrogens with one attached hydrogen (secondary N) is 1. The summed E-state index contributed by atoms with van der Waals surface area (Å²) in [6.45, 7) is 2.85. The van der Waals surface area contributed by atoms with Crippen LogP contribution in [0.25, 0.3) is 0 Å². The Labute approximate surface area is 116 Å². The predicted molar refractivity (Wildman–Crippen MR) is 76.0 cm³/mol. The van der Waals surface area contributed by atoms with E-state index in [-0.39, 0.29) is 5.91 Å². The van der Waals surface area contributed by atoms with E-state index in [9.17, 15) is 4.79 Å². The lowest BCUT2D eigenvalue weighted by molar-refractivity contribution is 0.0946. The maximum absolute atomic E-state index is 11.8. The van der Waals surface area contributed by atoms with E-state index in [2.05, 4.69) is 28.2 Å². The zero-order valence-electron chi connectivity index (χ0n) is 9.88. The minimum absolute atomic E-state index is 0.0551. The van der Waals surface area contributed by atoms with Crippen molar-refractivity contribution in [1.29, 1.82) is 0 Å². The molecule has 0 saturated heterocycles. The molecule has 0 bridgehead atoms. The van der Waals surface area contributed by atoms with E-state index in [1.165, 1.54) is 0 Å². The van der Waals surface area contributed by atoms with Crippen molar-refractivity contribution < 1.29 is 4.79 Å². The van der Waals surface area contributed by atoms with Gasteiger partial charge in [0, 0.05) is 22.5 Å². The molecule has 1 amide bonds. The second kappa shape index (κ2) is 7.72. The van der Waals surface area contributed by atoms with Crippen LogP contribution in [0, 0.1) is 5.92 Å². The smallest absolute Gasteiger partial charge is 0.251 e. The fourth-order valence-electron chi connectivity index (χ4n) is 1.57. The number of carbonyl (C=O) groups excluding carboxylic acids is 1. The Kier molecular flexibility index (Phi) is 6.60. The molecular formula is C13H17BrClNO. The Morgan fingerprint density at radius 3 is 2.88 bits per heavy atom. The number of hydrogen-bond acceptors (Lipinski definition) is 1. The van der Waals surface area contributed by atoms with E-state index >= 15 is 0 Å². The summed E-state index contributed by atoms with van der Waals surface area (Å²) >= 11 is 9.26. The molecule has 0 spiro atoms. The van der Waals surface area contributed by atoms with E-state index in [1.807, 2.05) is 0 Å². The fraction of sp³-hybridized carbons (Fsp3) is 0.462. The molecule has 4 heteroatoms. The summed E-state index contributed by atoms with van der Waals surface area (Å²) in [7, 11) is 0. The second-order valence-electron chi connectivity index (χ2n) is 3.97. The molecule has 17 heavy (non-hydrogen) atoms. The van der Waals surface area contributed by atoms with Gasteiger partial charge in [-0.15, -0.1) is 0 Å². The van der Waals surface area contributed by atoms with Gasteiger partial charge < -0.3 is 5.32 Å². The first-order valence-corrected chi connectivity index (χ1v) is 7.27. The first kappa shape index (κ1) is 14.5. The summed E-state index contributed by atoms with van der Waals surface area (Å²) in [4.78, 5) is 11.8. The molecule has 1 unspecified atom stereocenters. The third kappa shape index (κ3) is 5.09. The number of alkyl halides is 1. The lowest BCUT2D eigenvalue weighted by Crippen LogP contribution is -2.29. The van der Waals surface area contributed by atoms with E-state index < -0.39 is 0 Å². The van der Waals surface area contributed by atoms with Crippen molar-refractivity contribution >= 4 is 33.4 Å². The Morgan fingerprint density at radius 2 is 2.29 bits per heavy atom. The molecule has 0 aliphatic rings. The van der Waals surface area contributed by atoms with Crippen LogP contribution in [0.5, 0.6) is 0 Å². The highest BCUT2D eigenvalue weighted by molar-refractivity contribution is 9.09. The van der Waals surface area contributed by atoms with Crippen molar-refractivity contribution in [3.63, 3.8) is 0 Å². The molecule has 0 aliphatic carbocycles. The molecule has 1 N–H and O–H groups in total. The highest BCUT2D eigenvalue weighted by Gasteiger charge is 2.09. The highest BCUT2D eigenvalue weighted by atomic mass is 79.9. The van der Waals surface area contributed by atoms with Gasteiger partial charge in [-0.25, -0.2) is 0 Å². The molecule has 0 aromatic heterocycles. The Bertz CT molecular complexity index is 370. The van der Waals surface area contributed by atoms with Crippen molar-refractivity contribution in [3.05, 3.63) is 34.9 Å². The standard InChI is InChI=1S/C13H17BrClNO/c1-2-10(6-7-14)9-16-13(17)11-4-3-5-12(15)8-11/h3-5,8,10H,2,6-7,9H2,1H3,(H,16,17). The van der Waals surface area contributed by atoms with E-state index in [4.69, 9.17) is 11.6 Å². The van der Waals surface area contributed by atoms with Crippen LogP contribution in [0.15, 0.2) is 24.3 Å². The first-order valence-electron chi connectivity index (χ1n) is 5.77. The molecule has 1 rings (SSSR count). The van der Waals surface area contributed by atoms with Gasteiger partial charge in [-0.3, -0.25) is 4.79 Å². The van der Waals surface area contributed by atoms with Crippen LogP contribution in [0.2, 0.25) is 5.02 Å². The summed E-state index contributed by atoms with van der Waals surface area (Å²) in [6.07, 6.45) is 2.15. The first-order chi connectivity index (χ1) is 8.17. The van der Waals surface area contributed by atoms with Crippen molar-refractivity contribution in [2.24, 2.45) is 5.92 Å².